The molecule has 0 amide bonds. The van der Waals surface area contributed by atoms with Crippen molar-refractivity contribution >= 4 is 5.97 Å². The zero-order valence-corrected chi connectivity index (χ0v) is 10.2. The predicted molar refractivity (Wildman–Crippen MR) is 66.4 cm³/mol. The van der Waals surface area contributed by atoms with E-state index in [0.717, 1.165) is 0 Å². The molecule has 0 unspecified atom stereocenters. The van der Waals surface area contributed by atoms with Crippen LogP contribution in [0.1, 0.15) is 31.9 Å². The van der Waals surface area contributed by atoms with Crippen LogP contribution in [0.15, 0.2) is 42.0 Å². The molecule has 3 heteroatoms. The normalized spacial score (nSPS) is 13.2. The molecule has 1 rings (SSSR count). The van der Waals surface area contributed by atoms with Crippen molar-refractivity contribution in [3.05, 3.63) is 47.5 Å². The van der Waals surface area contributed by atoms with Crippen molar-refractivity contribution in [2.24, 2.45) is 0 Å². The number of carbonyl (C=O) groups is 1. The molecular formula is C14H18O3. The highest BCUT2D eigenvalue weighted by Crippen LogP contribution is 2.22. The third kappa shape index (κ3) is 3.71. The summed E-state index contributed by atoms with van der Waals surface area (Å²) in [5.74, 6) is -0.453. The van der Waals surface area contributed by atoms with Crippen molar-refractivity contribution < 1.29 is 14.6 Å². The maximum Gasteiger partial charge on any atom is 0.336 e. The van der Waals surface area contributed by atoms with Crippen LogP contribution in [-0.2, 0) is 9.53 Å². The Morgan fingerprint density at radius 3 is 2.53 bits per heavy atom. The number of ether oxygens (including phenoxy) is 1. The van der Waals surface area contributed by atoms with E-state index in [1.54, 1.807) is 25.1 Å². The summed E-state index contributed by atoms with van der Waals surface area (Å²) in [7, 11) is 0. The minimum Gasteiger partial charge on any atom is -0.463 e. The Morgan fingerprint density at radius 1 is 1.35 bits per heavy atom. The summed E-state index contributed by atoms with van der Waals surface area (Å²) in [5.41, 5.74) is 1.00. The van der Waals surface area contributed by atoms with Gasteiger partial charge in [-0.1, -0.05) is 43.3 Å². The van der Waals surface area contributed by atoms with Gasteiger partial charge in [-0.2, -0.15) is 0 Å². The molecule has 1 aromatic rings. The van der Waals surface area contributed by atoms with Gasteiger partial charge in [0.05, 0.1) is 12.2 Å². The zero-order valence-electron chi connectivity index (χ0n) is 10.2. The smallest absolute Gasteiger partial charge is 0.336 e. The van der Waals surface area contributed by atoms with E-state index < -0.39 is 12.1 Å². The largest absolute Gasteiger partial charge is 0.463 e. The van der Waals surface area contributed by atoms with Crippen molar-refractivity contribution in [2.45, 2.75) is 26.4 Å². The van der Waals surface area contributed by atoms with Crippen LogP contribution in [0.3, 0.4) is 0 Å². The van der Waals surface area contributed by atoms with E-state index in [0.29, 0.717) is 24.2 Å². The highest BCUT2D eigenvalue weighted by molar-refractivity contribution is 5.89. The van der Waals surface area contributed by atoms with Gasteiger partial charge in [0.1, 0.15) is 6.10 Å². The summed E-state index contributed by atoms with van der Waals surface area (Å²) in [6, 6.07) is 9.09. The number of hydrogen-bond donors (Lipinski definition) is 1. The molecule has 1 N–H and O–H groups in total. The lowest BCUT2D eigenvalue weighted by molar-refractivity contribution is -0.139. The first-order valence-corrected chi connectivity index (χ1v) is 5.80. The van der Waals surface area contributed by atoms with Crippen LogP contribution in [0.2, 0.25) is 0 Å². The quantitative estimate of drug-likeness (QED) is 0.629. The third-order valence-corrected chi connectivity index (χ3v) is 2.35. The molecule has 0 fully saturated rings. The Balaban J connectivity index is 2.92. The van der Waals surface area contributed by atoms with Crippen LogP contribution in [0.25, 0.3) is 0 Å². The minimum atomic E-state index is -0.921. The van der Waals surface area contributed by atoms with Gasteiger partial charge in [0.15, 0.2) is 0 Å². The number of benzene rings is 1. The van der Waals surface area contributed by atoms with E-state index in [4.69, 9.17) is 4.74 Å². The number of carbonyl (C=O) groups excluding carboxylic acids is 1. The first-order chi connectivity index (χ1) is 8.20. The van der Waals surface area contributed by atoms with E-state index in [2.05, 4.69) is 0 Å². The standard InChI is InChI=1S/C14H18O3/c1-3-8-12(14(16)17-4-2)13(15)11-9-6-5-7-10-11/h5-10,13,15H,3-4H2,1-2H3/b12-8-/t13-/m1/s1. The summed E-state index contributed by atoms with van der Waals surface area (Å²) < 4.78 is 4.93. The van der Waals surface area contributed by atoms with Crippen molar-refractivity contribution in [3.8, 4) is 0 Å². The lowest BCUT2D eigenvalue weighted by Gasteiger charge is -2.14. The van der Waals surface area contributed by atoms with E-state index in [1.165, 1.54) is 0 Å². The van der Waals surface area contributed by atoms with Gasteiger partial charge >= 0.3 is 5.97 Å². The molecule has 0 aliphatic carbocycles. The molecule has 0 aromatic heterocycles. The first kappa shape index (κ1) is 13.5. The monoisotopic (exact) mass is 234 g/mol. The van der Waals surface area contributed by atoms with Crippen molar-refractivity contribution in [2.75, 3.05) is 6.61 Å². The van der Waals surface area contributed by atoms with Gasteiger partial charge in [-0.05, 0) is 18.9 Å². The van der Waals surface area contributed by atoms with Crippen LogP contribution in [0.4, 0.5) is 0 Å². The fourth-order valence-electron chi connectivity index (χ4n) is 1.56. The Hall–Kier alpha value is -1.61. The summed E-state index contributed by atoms with van der Waals surface area (Å²) in [4.78, 5) is 11.7. The fourth-order valence-corrected chi connectivity index (χ4v) is 1.56. The maximum absolute atomic E-state index is 11.7. The summed E-state index contributed by atoms with van der Waals surface area (Å²) in [6.45, 7) is 3.97. The van der Waals surface area contributed by atoms with Gasteiger partial charge in [-0.3, -0.25) is 0 Å². The molecule has 0 saturated heterocycles. The zero-order chi connectivity index (χ0) is 12.7. The van der Waals surface area contributed by atoms with Crippen molar-refractivity contribution in [1.82, 2.24) is 0 Å². The molecule has 1 aromatic carbocycles. The number of rotatable bonds is 5. The van der Waals surface area contributed by atoms with Gasteiger partial charge in [0.2, 0.25) is 0 Å². The van der Waals surface area contributed by atoms with Gasteiger partial charge in [0, 0.05) is 0 Å². The van der Waals surface area contributed by atoms with E-state index in [1.807, 2.05) is 25.1 Å². The second-order valence-corrected chi connectivity index (χ2v) is 3.60. The van der Waals surface area contributed by atoms with Crippen LogP contribution < -0.4 is 0 Å². The molecule has 92 valence electrons. The lowest BCUT2D eigenvalue weighted by atomic mass is 10.0. The Morgan fingerprint density at radius 2 is 2.00 bits per heavy atom. The molecule has 0 radical (unpaired) electrons. The Bertz CT molecular complexity index is 382. The highest BCUT2D eigenvalue weighted by Gasteiger charge is 2.20. The van der Waals surface area contributed by atoms with Crippen LogP contribution in [0, 0.1) is 0 Å². The van der Waals surface area contributed by atoms with Crippen LogP contribution in [-0.4, -0.2) is 17.7 Å². The molecule has 0 saturated carbocycles. The van der Waals surface area contributed by atoms with Gasteiger partial charge < -0.3 is 9.84 Å². The first-order valence-electron chi connectivity index (χ1n) is 5.80. The molecule has 0 bridgehead atoms. The molecular weight excluding hydrogens is 216 g/mol. The molecule has 0 spiro atoms. The average Bonchev–Trinajstić information content (AvgIpc) is 2.36. The average molecular weight is 234 g/mol. The van der Waals surface area contributed by atoms with Gasteiger partial charge in [-0.15, -0.1) is 0 Å². The number of aliphatic hydroxyl groups is 1. The maximum atomic E-state index is 11.7. The fraction of sp³-hybridized carbons (Fsp3) is 0.357. The number of allylic oxidation sites excluding steroid dienone is 1. The minimum absolute atomic E-state index is 0.306. The molecule has 17 heavy (non-hydrogen) atoms. The molecule has 3 nitrogen and oxygen atoms in total. The predicted octanol–water partition coefficient (Wildman–Crippen LogP) is 2.62. The molecule has 1 atom stereocenters. The van der Waals surface area contributed by atoms with E-state index in [9.17, 15) is 9.90 Å². The van der Waals surface area contributed by atoms with Gasteiger partial charge in [0.25, 0.3) is 0 Å². The SMILES string of the molecule is CC/C=C(\C(=O)OCC)[C@H](O)c1ccccc1. The Labute approximate surface area is 102 Å². The molecule has 0 aliphatic rings. The van der Waals surface area contributed by atoms with Crippen LogP contribution >= 0.6 is 0 Å². The van der Waals surface area contributed by atoms with Crippen molar-refractivity contribution in [3.63, 3.8) is 0 Å². The second-order valence-electron chi connectivity index (χ2n) is 3.60. The number of aliphatic hydroxyl groups excluding tert-OH is 1. The third-order valence-electron chi connectivity index (χ3n) is 2.35. The van der Waals surface area contributed by atoms with E-state index >= 15 is 0 Å². The Kier molecular flexibility index (Phi) is 5.43. The second kappa shape index (κ2) is 6.86. The highest BCUT2D eigenvalue weighted by atomic mass is 16.5. The number of esters is 1. The lowest BCUT2D eigenvalue weighted by Crippen LogP contribution is -2.14. The van der Waals surface area contributed by atoms with Crippen LogP contribution in [0.5, 0.6) is 0 Å². The van der Waals surface area contributed by atoms with Gasteiger partial charge in [-0.25, -0.2) is 4.79 Å². The van der Waals surface area contributed by atoms with Crippen molar-refractivity contribution in [1.29, 1.82) is 0 Å². The van der Waals surface area contributed by atoms with E-state index in [-0.39, 0.29) is 0 Å². The summed E-state index contributed by atoms with van der Waals surface area (Å²) in [6.07, 6.45) is 1.46. The molecule has 0 heterocycles. The summed E-state index contributed by atoms with van der Waals surface area (Å²) >= 11 is 0. The summed E-state index contributed by atoms with van der Waals surface area (Å²) in [5, 5.41) is 10.1. The molecule has 0 aliphatic heterocycles. The number of hydrogen-bond acceptors (Lipinski definition) is 3. The topological polar surface area (TPSA) is 46.5 Å².